The number of hydrogen-bond acceptors (Lipinski definition) is 6. The molecule has 174 valence electrons. The number of carbonyl (C=O) groups excluding carboxylic acids is 1. The lowest BCUT2D eigenvalue weighted by molar-refractivity contribution is -0.124. The van der Waals surface area contributed by atoms with Gasteiger partial charge in [-0.05, 0) is 37.0 Å². The topological polar surface area (TPSA) is 81.0 Å². The summed E-state index contributed by atoms with van der Waals surface area (Å²) >= 11 is 0. The summed E-state index contributed by atoms with van der Waals surface area (Å²) in [6.07, 6.45) is 7.65. The quantitative estimate of drug-likeness (QED) is 0.632. The van der Waals surface area contributed by atoms with Crippen LogP contribution in [0.2, 0.25) is 0 Å². The molecule has 2 aromatic rings. The first kappa shape index (κ1) is 22.8. The molecule has 7 heteroatoms. The Labute approximate surface area is 189 Å². The van der Waals surface area contributed by atoms with E-state index in [1.54, 1.807) is 12.1 Å². The summed E-state index contributed by atoms with van der Waals surface area (Å²) in [6, 6.07) is 6.96. The van der Waals surface area contributed by atoms with Crippen molar-refractivity contribution in [3.05, 3.63) is 40.2 Å². The fourth-order valence-corrected chi connectivity index (χ4v) is 5.09. The van der Waals surface area contributed by atoms with Gasteiger partial charge in [-0.15, -0.1) is 0 Å². The van der Waals surface area contributed by atoms with E-state index in [2.05, 4.69) is 17.1 Å². The summed E-state index contributed by atoms with van der Waals surface area (Å²) in [6.45, 7) is 6.02. The van der Waals surface area contributed by atoms with Crippen LogP contribution in [0.3, 0.4) is 0 Å². The molecule has 1 saturated heterocycles. The van der Waals surface area contributed by atoms with Crippen LogP contribution in [0.1, 0.15) is 51.0 Å². The Morgan fingerprint density at radius 2 is 1.94 bits per heavy atom. The number of nitrogens with zero attached hydrogens (tertiary/aromatic N) is 1. The van der Waals surface area contributed by atoms with E-state index in [1.807, 2.05) is 12.1 Å². The molecule has 2 heterocycles. The van der Waals surface area contributed by atoms with Crippen molar-refractivity contribution in [3.8, 4) is 5.75 Å². The average Bonchev–Trinajstić information content (AvgIpc) is 2.82. The van der Waals surface area contributed by atoms with Crippen LogP contribution in [0.15, 0.2) is 33.5 Å². The summed E-state index contributed by atoms with van der Waals surface area (Å²) in [4.78, 5) is 27.0. The average molecular weight is 443 g/mol. The Balaban J connectivity index is 1.36. The van der Waals surface area contributed by atoms with E-state index in [-0.39, 0.29) is 23.7 Å². The molecule has 0 spiro atoms. The van der Waals surface area contributed by atoms with Crippen LogP contribution in [0, 0.1) is 0 Å². The fourth-order valence-electron chi connectivity index (χ4n) is 5.09. The lowest BCUT2D eigenvalue weighted by Crippen LogP contribution is -2.60. The number of nitrogens with one attached hydrogen (secondary N) is 1. The highest BCUT2D eigenvalue weighted by molar-refractivity contribution is 5.82. The number of rotatable bonds is 8. The molecule has 2 aliphatic rings. The molecule has 2 fully saturated rings. The van der Waals surface area contributed by atoms with E-state index < -0.39 is 0 Å². The zero-order chi connectivity index (χ0) is 22.4. The number of fused-ring (bicyclic) bond motifs is 1. The first-order chi connectivity index (χ1) is 15.6. The summed E-state index contributed by atoms with van der Waals surface area (Å²) in [7, 11) is 0. The minimum absolute atomic E-state index is 0.0275. The minimum Gasteiger partial charge on any atom is -0.484 e. The summed E-state index contributed by atoms with van der Waals surface area (Å²) in [5.74, 6) is 0.384. The van der Waals surface area contributed by atoms with Gasteiger partial charge in [0.1, 0.15) is 11.3 Å². The first-order valence-corrected chi connectivity index (χ1v) is 11.9. The summed E-state index contributed by atoms with van der Waals surface area (Å²) in [5, 5.41) is 4.02. The van der Waals surface area contributed by atoms with Crippen LogP contribution in [-0.4, -0.2) is 55.8 Å². The van der Waals surface area contributed by atoms with Gasteiger partial charge in [-0.1, -0.05) is 32.6 Å². The van der Waals surface area contributed by atoms with Crippen molar-refractivity contribution in [2.45, 2.75) is 57.4 Å². The molecule has 32 heavy (non-hydrogen) atoms. The molecular formula is C25H34N2O5. The van der Waals surface area contributed by atoms with Crippen LogP contribution >= 0.6 is 0 Å². The largest absolute Gasteiger partial charge is 0.484 e. The maximum absolute atomic E-state index is 12.6. The third kappa shape index (κ3) is 5.33. The highest BCUT2D eigenvalue weighted by Crippen LogP contribution is 2.34. The number of carbonyl (C=O) groups is 1. The molecule has 0 atom stereocenters. The predicted octanol–water partition coefficient (Wildman–Crippen LogP) is 3.28. The van der Waals surface area contributed by atoms with E-state index in [0.717, 1.165) is 62.9 Å². The molecule has 1 saturated carbocycles. The van der Waals surface area contributed by atoms with Crippen LogP contribution in [0.5, 0.6) is 5.75 Å². The molecule has 4 rings (SSSR count). The molecule has 1 aliphatic heterocycles. The maximum atomic E-state index is 12.6. The van der Waals surface area contributed by atoms with Gasteiger partial charge in [-0.3, -0.25) is 9.69 Å². The second-order valence-corrected chi connectivity index (χ2v) is 8.95. The van der Waals surface area contributed by atoms with Gasteiger partial charge < -0.3 is 19.2 Å². The highest BCUT2D eigenvalue weighted by atomic mass is 16.5. The van der Waals surface area contributed by atoms with Gasteiger partial charge in [-0.25, -0.2) is 4.79 Å². The SMILES string of the molecule is CCCc1cc(=O)oc2cc(OCC(=O)NCC3(N4CCOCC4)CCCCC3)ccc12. The maximum Gasteiger partial charge on any atom is 0.336 e. The van der Waals surface area contributed by atoms with Crippen LogP contribution in [0.4, 0.5) is 0 Å². The molecule has 1 aliphatic carbocycles. The van der Waals surface area contributed by atoms with E-state index >= 15 is 0 Å². The Morgan fingerprint density at radius 1 is 1.16 bits per heavy atom. The molecule has 1 N–H and O–H groups in total. The van der Waals surface area contributed by atoms with Crippen molar-refractivity contribution in [1.82, 2.24) is 10.2 Å². The number of hydrogen-bond donors (Lipinski definition) is 1. The molecule has 1 aromatic heterocycles. The predicted molar refractivity (Wildman–Crippen MR) is 123 cm³/mol. The highest BCUT2D eigenvalue weighted by Gasteiger charge is 2.38. The zero-order valence-corrected chi connectivity index (χ0v) is 19.0. The minimum atomic E-state index is -0.364. The molecule has 1 aromatic carbocycles. The summed E-state index contributed by atoms with van der Waals surface area (Å²) < 4.78 is 16.6. The second kappa shape index (κ2) is 10.5. The first-order valence-electron chi connectivity index (χ1n) is 11.9. The molecular weight excluding hydrogens is 408 g/mol. The lowest BCUT2D eigenvalue weighted by Gasteiger charge is -2.48. The van der Waals surface area contributed by atoms with Gasteiger partial charge >= 0.3 is 5.63 Å². The van der Waals surface area contributed by atoms with Gasteiger partial charge in [-0.2, -0.15) is 0 Å². The second-order valence-electron chi connectivity index (χ2n) is 8.95. The number of benzene rings is 1. The monoisotopic (exact) mass is 442 g/mol. The van der Waals surface area contributed by atoms with E-state index in [9.17, 15) is 9.59 Å². The number of amides is 1. The lowest BCUT2D eigenvalue weighted by atomic mass is 9.79. The standard InChI is InChI=1S/C25H34N2O5/c1-2-6-19-15-24(29)32-22-16-20(7-8-21(19)22)31-17-23(28)26-18-25(9-4-3-5-10-25)27-11-13-30-14-12-27/h7-8,15-16H,2-6,9-14,17-18H2,1H3,(H,26,28). The van der Waals surface area contributed by atoms with Gasteiger partial charge in [0.05, 0.1) is 13.2 Å². The van der Waals surface area contributed by atoms with Gasteiger partial charge in [0.25, 0.3) is 5.91 Å². The number of aryl methyl sites for hydroxylation is 1. The van der Waals surface area contributed by atoms with Crippen molar-refractivity contribution < 1.29 is 18.7 Å². The number of morpholine rings is 1. The van der Waals surface area contributed by atoms with Crippen molar-refractivity contribution in [1.29, 1.82) is 0 Å². The van der Waals surface area contributed by atoms with E-state index in [4.69, 9.17) is 13.9 Å². The van der Waals surface area contributed by atoms with Crippen molar-refractivity contribution in [2.24, 2.45) is 0 Å². The smallest absolute Gasteiger partial charge is 0.336 e. The fraction of sp³-hybridized carbons (Fsp3) is 0.600. The normalized spacial score (nSPS) is 19.0. The van der Waals surface area contributed by atoms with E-state index in [0.29, 0.717) is 17.9 Å². The van der Waals surface area contributed by atoms with Crippen LogP contribution in [0.25, 0.3) is 11.0 Å². The number of ether oxygens (including phenoxy) is 2. The molecule has 1 amide bonds. The Morgan fingerprint density at radius 3 is 2.69 bits per heavy atom. The zero-order valence-electron chi connectivity index (χ0n) is 19.0. The Bertz CT molecular complexity index is 974. The van der Waals surface area contributed by atoms with Crippen molar-refractivity contribution in [2.75, 3.05) is 39.5 Å². The van der Waals surface area contributed by atoms with Crippen molar-refractivity contribution in [3.63, 3.8) is 0 Å². The molecule has 0 bridgehead atoms. The summed E-state index contributed by atoms with van der Waals surface area (Å²) in [5.41, 5.74) is 1.13. The van der Waals surface area contributed by atoms with Gasteiger partial charge in [0, 0.05) is 42.7 Å². The van der Waals surface area contributed by atoms with E-state index in [1.165, 1.54) is 19.3 Å². The van der Waals surface area contributed by atoms with Crippen LogP contribution < -0.4 is 15.7 Å². The molecule has 0 unspecified atom stereocenters. The Kier molecular flexibility index (Phi) is 7.48. The van der Waals surface area contributed by atoms with Crippen molar-refractivity contribution >= 4 is 16.9 Å². The molecule has 0 radical (unpaired) electrons. The van der Waals surface area contributed by atoms with Crippen LogP contribution in [-0.2, 0) is 16.0 Å². The third-order valence-electron chi connectivity index (χ3n) is 6.77. The van der Waals surface area contributed by atoms with Gasteiger partial charge in [0.15, 0.2) is 6.61 Å². The Hall–Kier alpha value is -2.38. The van der Waals surface area contributed by atoms with Gasteiger partial charge in [0.2, 0.25) is 0 Å². The molecule has 7 nitrogen and oxygen atoms in total. The third-order valence-corrected chi connectivity index (χ3v) is 6.77.